The van der Waals surface area contributed by atoms with E-state index < -0.39 is 5.54 Å². The minimum atomic E-state index is -0.451. The molecule has 0 bridgehead atoms. The highest BCUT2D eigenvalue weighted by Crippen LogP contribution is 2.27. The van der Waals surface area contributed by atoms with Crippen LogP contribution in [0.25, 0.3) is 0 Å². The summed E-state index contributed by atoms with van der Waals surface area (Å²) in [5.41, 5.74) is 6.37. The van der Waals surface area contributed by atoms with Crippen molar-refractivity contribution in [3.8, 4) is 0 Å². The SMILES string of the molecule is Cn1cc(CCCNC2(C(N)=O)CCCCC2)cn1. The Morgan fingerprint density at radius 3 is 2.79 bits per heavy atom. The topological polar surface area (TPSA) is 72.9 Å². The Bertz CT molecular complexity index is 421. The number of aromatic nitrogens is 2. The second-order valence-electron chi connectivity index (χ2n) is 5.56. The number of primary amides is 1. The van der Waals surface area contributed by atoms with Crippen molar-refractivity contribution >= 4 is 5.91 Å². The Morgan fingerprint density at radius 1 is 1.47 bits per heavy atom. The quantitative estimate of drug-likeness (QED) is 0.757. The highest BCUT2D eigenvalue weighted by Gasteiger charge is 2.36. The number of nitrogens with zero attached hydrogens (tertiary/aromatic N) is 2. The van der Waals surface area contributed by atoms with Gasteiger partial charge >= 0.3 is 0 Å². The van der Waals surface area contributed by atoms with Gasteiger partial charge in [-0.05, 0) is 37.8 Å². The monoisotopic (exact) mass is 264 g/mol. The lowest BCUT2D eigenvalue weighted by Gasteiger charge is -2.35. The molecule has 1 aliphatic carbocycles. The molecule has 1 heterocycles. The summed E-state index contributed by atoms with van der Waals surface area (Å²) in [4.78, 5) is 11.7. The van der Waals surface area contributed by atoms with E-state index in [0.29, 0.717) is 0 Å². The van der Waals surface area contributed by atoms with Gasteiger partial charge in [-0.2, -0.15) is 5.10 Å². The minimum Gasteiger partial charge on any atom is -0.368 e. The number of amides is 1. The van der Waals surface area contributed by atoms with E-state index in [-0.39, 0.29) is 5.91 Å². The predicted molar refractivity (Wildman–Crippen MR) is 74.5 cm³/mol. The first-order valence-corrected chi connectivity index (χ1v) is 7.15. The number of hydrogen-bond acceptors (Lipinski definition) is 3. The summed E-state index contributed by atoms with van der Waals surface area (Å²) in [5, 5.41) is 7.56. The highest BCUT2D eigenvalue weighted by atomic mass is 16.1. The molecular formula is C14H24N4O. The lowest BCUT2D eigenvalue weighted by atomic mass is 9.81. The number of hydrogen-bond donors (Lipinski definition) is 2. The average molecular weight is 264 g/mol. The van der Waals surface area contributed by atoms with E-state index in [4.69, 9.17) is 5.73 Å². The standard InChI is InChI=1S/C14H24N4O/c1-18-11-12(10-17-18)6-5-9-16-14(13(15)19)7-3-2-4-8-14/h10-11,16H,2-9H2,1H3,(H2,15,19). The van der Waals surface area contributed by atoms with Crippen molar-refractivity contribution in [2.24, 2.45) is 12.8 Å². The van der Waals surface area contributed by atoms with Gasteiger partial charge in [-0.1, -0.05) is 19.3 Å². The van der Waals surface area contributed by atoms with Gasteiger partial charge < -0.3 is 11.1 Å². The van der Waals surface area contributed by atoms with Gasteiger partial charge in [0, 0.05) is 13.2 Å². The molecule has 0 spiro atoms. The van der Waals surface area contributed by atoms with E-state index in [2.05, 4.69) is 10.4 Å². The van der Waals surface area contributed by atoms with Crippen LogP contribution in [-0.2, 0) is 18.3 Å². The molecule has 19 heavy (non-hydrogen) atoms. The van der Waals surface area contributed by atoms with Crippen molar-refractivity contribution in [1.82, 2.24) is 15.1 Å². The normalized spacial score (nSPS) is 18.4. The number of nitrogens with one attached hydrogen (secondary N) is 1. The Kier molecular flexibility index (Phi) is 4.58. The molecule has 5 nitrogen and oxygen atoms in total. The molecule has 1 aromatic heterocycles. The maximum absolute atomic E-state index is 11.7. The third-order valence-corrected chi connectivity index (χ3v) is 4.04. The van der Waals surface area contributed by atoms with Gasteiger partial charge in [0.15, 0.2) is 0 Å². The van der Waals surface area contributed by atoms with Crippen LogP contribution in [0.3, 0.4) is 0 Å². The molecule has 0 aromatic carbocycles. The fraction of sp³-hybridized carbons (Fsp3) is 0.714. The third kappa shape index (κ3) is 3.56. The van der Waals surface area contributed by atoms with Crippen molar-refractivity contribution in [2.75, 3.05) is 6.54 Å². The number of carbonyl (C=O) groups is 1. The fourth-order valence-electron chi connectivity index (χ4n) is 2.89. The van der Waals surface area contributed by atoms with Crippen LogP contribution in [0.2, 0.25) is 0 Å². The Morgan fingerprint density at radius 2 is 2.21 bits per heavy atom. The van der Waals surface area contributed by atoms with Gasteiger partial charge in [0.05, 0.1) is 11.7 Å². The fourth-order valence-corrected chi connectivity index (χ4v) is 2.89. The summed E-state index contributed by atoms with van der Waals surface area (Å²) in [7, 11) is 1.92. The summed E-state index contributed by atoms with van der Waals surface area (Å²) in [6, 6.07) is 0. The molecule has 1 aromatic rings. The Hall–Kier alpha value is -1.36. The van der Waals surface area contributed by atoms with Crippen LogP contribution in [0.5, 0.6) is 0 Å². The van der Waals surface area contributed by atoms with E-state index in [9.17, 15) is 4.79 Å². The minimum absolute atomic E-state index is 0.187. The zero-order valence-electron chi connectivity index (χ0n) is 11.7. The second-order valence-corrected chi connectivity index (χ2v) is 5.56. The lowest BCUT2D eigenvalue weighted by Crippen LogP contribution is -2.56. The molecule has 2 rings (SSSR count). The first kappa shape index (κ1) is 14.1. The maximum atomic E-state index is 11.7. The zero-order chi connectivity index (χ0) is 13.7. The van der Waals surface area contributed by atoms with E-state index in [1.54, 1.807) is 0 Å². The molecule has 1 amide bonds. The lowest BCUT2D eigenvalue weighted by molar-refractivity contribution is -0.125. The van der Waals surface area contributed by atoms with E-state index in [1.165, 1.54) is 12.0 Å². The summed E-state index contributed by atoms with van der Waals surface area (Å²) < 4.78 is 1.81. The highest BCUT2D eigenvalue weighted by molar-refractivity contribution is 5.84. The van der Waals surface area contributed by atoms with Crippen LogP contribution >= 0.6 is 0 Å². The van der Waals surface area contributed by atoms with Crippen molar-refractivity contribution in [1.29, 1.82) is 0 Å². The molecule has 0 atom stereocenters. The van der Waals surface area contributed by atoms with Gasteiger partial charge in [0.1, 0.15) is 0 Å². The summed E-state index contributed by atoms with van der Waals surface area (Å²) in [6.45, 7) is 0.831. The molecule has 0 saturated heterocycles. The molecule has 5 heteroatoms. The van der Waals surface area contributed by atoms with Crippen LogP contribution in [0.15, 0.2) is 12.4 Å². The number of carbonyl (C=O) groups excluding carboxylic acids is 1. The zero-order valence-corrected chi connectivity index (χ0v) is 11.7. The summed E-state index contributed by atoms with van der Waals surface area (Å²) >= 11 is 0. The van der Waals surface area contributed by atoms with Gasteiger partial charge in [0.25, 0.3) is 0 Å². The third-order valence-electron chi connectivity index (χ3n) is 4.04. The smallest absolute Gasteiger partial charge is 0.237 e. The number of aryl methyl sites for hydroxylation is 2. The molecule has 106 valence electrons. The molecule has 1 saturated carbocycles. The number of nitrogens with two attached hydrogens (primary N) is 1. The first-order chi connectivity index (χ1) is 9.12. The second kappa shape index (κ2) is 6.19. The maximum Gasteiger partial charge on any atom is 0.237 e. The number of rotatable bonds is 6. The van der Waals surface area contributed by atoms with Crippen LogP contribution in [0.1, 0.15) is 44.1 Å². The summed E-state index contributed by atoms with van der Waals surface area (Å²) in [6.07, 6.45) is 11.1. The van der Waals surface area contributed by atoms with E-state index in [1.807, 2.05) is 24.1 Å². The van der Waals surface area contributed by atoms with Crippen molar-refractivity contribution in [3.05, 3.63) is 18.0 Å². The van der Waals surface area contributed by atoms with Gasteiger partial charge in [-0.25, -0.2) is 0 Å². The molecular weight excluding hydrogens is 240 g/mol. The van der Waals surface area contributed by atoms with Gasteiger partial charge in [-0.3, -0.25) is 9.48 Å². The average Bonchev–Trinajstić information content (AvgIpc) is 2.81. The Labute approximate surface area is 114 Å². The molecule has 0 radical (unpaired) electrons. The molecule has 0 unspecified atom stereocenters. The Balaban J connectivity index is 1.78. The molecule has 0 aliphatic heterocycles. The van der Waals surface area contributed by atoms with E-state index in [0.717, 1.165) is 45.1 Å². The van der Waals surface area contributed by atoms with Crippen LogP contribution in [0, 0.1) is 0 Å². The van der Waals surface area contributed by atoms with Gasteiger partial charge in [-0.15, -0.1) is 0 Å². The van der Waals surface area contributed by atoms with E-state index >= 15 is 0 Å². The summed E-state index contributed by atoms with van der Waals surface area (Å²) in [5.74, 6) is -0.187. The van der Waals surface area contributed by atoms with Crippen molar-refractivity contribution in [2.45, 2.75) is 50.5 Å². The van der Waals surface area contributed by atoms with Crippen molar-refractivity contribution in [3.63, 3.8) is 0 Å². The predicted octanol–water partition coefficient (Wildman–Crippen LogP) is 1.13. The molecule has 1 fully saturated rings. The first-order valence-electron chi connectivity index (χ1n) is 7.15. The van der Waals surface area contributed by atoms with Crippen molar-refractivity contribution < 1.29 is 4.79 Å². The van der Waals surface area contributed by atoms with Crippen LogP contribution in [-0.4, -0.2) is 27.8 Å². The van der Waals surface area contributed by atoms with Gasteiger partial charge in [0.2, 0.25) is 5.91 Å². The van der Waals surface area contributed by atoms with Crippen LogP contribution in [0.4, 0.5) is 0 Å². The largest absolute Gasteiger partial charge is 0.368 e. The van der Waals surface area contributed by atoms with Crippen LogP contribution < -0.4 is 11.1 Å². The molecule has 3 N–H and O–H groups in total. The molecule has 1 aliphatic rings.